The fourth-order valence-electron chi connectivity index (χ4n) is 3.84. The molecule has 3 heteroatoms. The molecule has 0 fully saturated rings. The first kappa shape index (κ1) is 20.0. The molecule has 0 spiro atoms. The molecular weight excluding hydrogens is 392 g/mol. The summed E-state index contributed by atoms with van der Waals surface area (Å²) in [6, 6.07) is 20.5. The number of pyridine rings is 1. The summed E-state index contributed by atoms with van der Waals surface area (Å²) in [7, 11) is 0. The molecule has 2 aliphatic rings. The molecule has 1 aliphatic heterocycles. The molecule has 3 nitrogen and oxygen atoms in total. The lowest BCUT2D eigenvalue weighted by Gasteiger charge is -2.07. The molecule has 0 radical (unpaired) electrons. The summed E-state index contributed by atoms with van der Waals surface area (Å²) in [6.07, 6.45) is 17.8. The second-order valence-electron chi connectivity index (χ2n) is 7.85. The summed E-state index contributed by atoms with van der Waals surface area (Å²) < 4.78 is 5.82. The number of ether oxygens (including phenoxy) is 1. The van der Waals surface area contributed by atoms with Gasteiger partial charge in [-0.2, -0.15) is 0 Å². The Labute approximate surface area is 188 Å². The number of hydrogen-bond acceptors (Lipinski definition) is 3. The Morgan fingerprint density at radius 1 is 0.906 bits per heavy atom. The minimum atomic E-state index is 0.476. The standard InChI is InChI=1S/C29H24N2O/c1-2-7-27(21-32-29-10-3-4-17-30-29)25(6-1)15-16-28-19-23(20-31-28)12-11-22-13-14-24-8-5-9-26(24)18-22/h1-8,10-19H,9,20-21H2/b12-11+,16-15+. The molecule has 2 aromatic carbocycles. The van der Waals surface area contributed by atoms with Gasteiger partial charge in [0.25, 0.3) is 0 Å². The van der Waals surface area contributed by atoms with Crippen LogP contribution in [0.1, 0.15) is 27.8 Å². The third-order valence-corrected chi connectivity index (χ3v) is 5.57. The van der Waals surface area contributed by atoms with E-state index in [9.17, 15) is 0 Å². The van der Waals surface area contributed by atoms with Crippen LogP contribution in [-0.2, 0) is 13.0 Å². The van der Waals surface area contributed by atoms with Gasteiger partial charge in [-0.05, 0) is 58.0 Å². The number of aromatic nitrogens is 1. The Morgan fingerprint density at radius 2 is 1.84 bits per heavy atom. The van der Waals surface area contributed by atoms with E-state index in [0.717, 1.165) is 23.3 Å². The molecule has 5 rings (SSSR count). The highest BCUT2D eigenvalue weighted by Crippen LogP contribution is 2.22. The van der Waals surface area contributed by atoms with Crippen molar-refractivity contribution in [3.05, 3.63) is 125 Å². The number of rotatable bonds is 7. The van der Waals surface area contributed by atoms with Gasteiger partial charge >= 0.3 is 0 Å². The summed E-state index contributed by atoms with van der Waals surface area (Å²) in [5.41, 5.74) is 8.41. The van der Waals surface area contributed by atoms with Gasteiger partial charge in [-0.3, -0.25) is 4.99 Å². The van der Waals surface area contributed by atoms with Gasteiger partial charge in [0, 0.05) is 12.3 Å². The maximum absolute atomic E-state index is 5.82. The molecule has 0 saturated carbocycles. The van der Waals surface area contributed by atoms with Gasteiger partial charge in [-0.25, -0.2) is 4.98 Å². The Hall–Kier alpha value is -3.98. The zero-order valence-electron chi connectivity index (χ0n) is 17.8. The average molecular weight is 417 g/mol. The van der Waals surface area contributed by atoms with Gasteiger partial charge < -0.3 is 4.74 Å². The van der Waals surface area contributed by atoms with Crippen LogP contribution in [0.2, 0.25) is 0 Å². The smallest absolute Gasteiger partial charge is 0.213 e. The van der Waals surface area contributed by atoms with Gasteiger partial charge in [-0.1, -0.05) is 78.9 Å². The predicted octanol–water partition coefficient (Wildman–Crippen LogP) is 6.34. The number of fused-ring (bicyclic) bond motifs is 1. The van der Waals surface area contributed by atoms with Crippen LogP contribution in [0.25, 0.3) is 18.2 Å². The maximum Gasteiger partial charge on any atom is 0.213 e. The molecule has 1 aromatic heterocycles. The minimum Gasteiger partial charge on any atom is -0.473 e. The summed E-state index contributed by atoms with van der Waals surface area (Å²) in [5.74, 6) is 0.630. The normalized spacial score (nSPS) is 14.8. The molecule has 0 atom stereocenters. The minimum absolute atomic E-state index is 0.476. The van der Waals surface area contributed by atoms with Crippen LogP contribution >= 0.6 is 0 Å². The molecule has 32 heavy (non-hydrogen) atoms. The highest BCUT2D eigenvalue weighted by molar-refractivity contribution is 6.08. The zero-order chi connectivity index (χ0) is 21.6. The van der Waals surface area contributed by atoms with Crippen LogP contribution in [0, 0.1) is 0 Å². The van der Waals surface area contributed by atoms with Crippen molar-refractivity contribution in [1.82, 2.24) is 4.98 Å². The molecule has 0 amide bonds. The quantitative estimate of drug-likeness (QED) is 0.450. The number of benzene rings is 2. The molecule has 0 bridgehead atoms. The number of nitrogens with zero attached hydrogens (tertiary/aromatic N) is 2. The van der Waals surface area contributed by atoms with E-state index in [0.29, 0.717) is 19.0 Å². The summed E-state index contributed by atoms with van der Waals surface area (Å²) in [5, 5.41) is 0. The lowest BCUT2D eigenvalue weighted by atomic mass is 10.0. The first-order chi connectivity index (χ1) is 15.8. The van der Waals surface area contributed by atoms with Crippen molar-refractivity contribution in [1.29, 1.82) is 0 Å². The molecular formula is C29H24N2O. The van der Waals surface area contributed by atoms with Crippen LogP contribution in [0.3, 0.4) is 0 Å². The lowest BCUT2D eigenvalue weighted by molar-refractivity contribution is 0.293. The van der Waals surface area contributed by atoms with E-state index in [-0.39, 0.29) is 0 Å². The highest BCUT2D eigenvalue weighted by Gasteiger charge is 2.06. The molecule has 0 N–H and O–H groups in total. The lowest BCUT2D eigenvalue weighted by Crippen LogP contribution is -1.99. The fourth-order valence-corrected chi connectivity index (χ4v) is 3.84. The first-order valence-corrected chi connectivity index (χ1v) is 10.9. The Morgan fingerprint density at radius 3 is 2.78 bits per heavy atom. The fraction of sp³-hybridized carbons (Fsp3) is 0.103. The van der Waals surface area contributed by atoms with Crippen molar-refractivity contribution in [2.24, 2.45) is 4.99 Å². The van der Waals surface area contributed by atoms with E-state index in [1.807, 2.05) is 30.3 Å². The molecule has 1 aliphatic carbocycles. The number of aliphatic imine (C=N–C) groups is 1. The molecule has 2 heterocycles. The number of hydrogen-bond donors (Lipinski definition) is 0. The van der Waals surface area contributed by atoms with Crippen LogP contribution in [0.15, 0.2) is 102 Å². The Kier molecular flexibility index (Phi) is 5.89. The maximum atomic E-state index is 5.82. The second kappa shape index (κ2) is 9.44. The van der Waals surface area contributed by atoms with Crippen molar-refractivity contribution in [2.45, 2.75) is 13.0 Å². The van der Waals surface area contributed by atoms with Crippen LogP contribution in [0.5, 0.6) is 5.88 Å². The van der Waals surface area contributed by atoms with E-state index < -0.39 is 0 Å². The topological polar surface area (TPSA) is 34.5 Å². The zero-order valence-corrected chi connectivity index (χ0v) is 17.8. The van der Waals surface area contributed by atoms with Crippen molar-refractivity contribution in [3.8, 4) is 5.88 Å². The van der Waals surface area contributed by atoms with Crippen molar-refractivity contribution >= 4 is 23.9 Å². The Balaban J connectivity index is 1.23. The van der Waals surface area contributed by atoms with E-state index in [2.05, 4.69) is 82.8 Å². The van der Waals surface area contributed by atoms with Gasteiger partial charge in [0.1, 0.15) is 6.61 Å². The second-order valence-corrected chi connectivity index (χ2v) is 7.85. The SMILES string of the molecule is C1=Cc2ccc(/C=C/C3=CC(/C=C/c4ccccc4COc4ccccn4)=NC3)cc2C1. The van der Waals surface area contributed by atoms with Gasteiger partial charge in [0.15, 0.2) is 0 Å². The van der Waals surface area contributed by atoms with Gasteiger partial charge in [0.2, 0.25) is 5.88 Å². The Bertz CT molecular complexity index is 1260. The van der Waals surface area contributed by atoms with E-state index >= 15 is 0 Å². The summed E-state index contributed by atoms with van der Waals surface area (Å²) in [6.45, 7) is 1.19. The van der Waals surface area contributed by atoms with Crippen molar-refractivity contribution < 1.29 is 4.74 Å². The molecule has 0 unspecified atom stereocenters. The van der Waals surface area contributed by atoms with E-state index in [4.69, 9.17) is 4.74 Å². The number of allylic oxidation sites excluding steroid dienone is 3. The molecule has 156 valence electrons. The van der Waals surface area contributed by atoms with Crippen LogP contribution in [-0.4, -0.2) is 17.2 Å². The average Bonchev–Trinajstić information content (AvgIpc) is 3.50. The van der Waals surface area contributed by atoms with Crippen molar-refractivity contribution in [2.75, 3.05) is 6.54 Å². The first-order valence-electron chi connectivity index (χ1n) is 10.9. The monoisotopic (exact) mass is 416 g/mol. The van der Waals surface area contributed by atoms with Crippen molar-refractivity contribution in [3.63, 3.8) is 0 Å². The summed E-state index contributed by atoms with van der Waals surface area (Å²) in [4.78, 5) is 8.88. The third-order valence-electron chi connectivity index (χ3n) is 5.57. The molecule has 3 aromatic rings. The highest BCUT2D eigenvalue weighted by atomic mass is 16.5. The predicted molar refractivity (Wildman–Crippen MR) is 133 cm³/mol. The van der Waals surface area contributed by atoms with Crippen LogP contribution in [0.4, 0.5) is 0 Å². The largest absolute Gasteiger partial charge is 0.473 e. The summed E-state index contributed by atoms with van der Waals surface area (Å²) >= 11 is 0. The van der Waals surface area contributed by atoms with E-state index in [1.165, 1.54) is 22.3 Å². The van der Waals surface area contributed by atoms with Gasteiger partial charge in [0.05, 0.1) is 12.3 Å². The third kappa shape index (κ3) is 4.84. The molecule has 0 saturated heterocycles. The van der Waals surface area contributed by atoms with Gasteiger partial charge in [-0.15, -0.1) is 0 Å². The van der Waals surface area contributed by atoms with E-state index in [1.54, 1.807) is 6.20 Å². The van der Waals surface area contributed by atoms with Crippen LogP contribution < -0.4 is 4.74 Å².